The summed E-state index contributed by atoms with van der Waals surface area (Å²) < 4.78 is 22.8. The van der Waals surface area contributed by atoms with E-state index in [9.17, 15) is 25.2 Å². The first kappa shape index (κ1) is 54.9. The molecule has 1 saturated heterocycles. The molecule has 0 aromatic rings. The van der Waals surface area contributed by atoms with E-state index in [0.717, 1.165) is 83.5 Å². The van der Waals surface area contributed by atoms with Crippen LogP contribution in [0.15, 0.2) is 60.8 Å². The molecule has 9 nitrogen and oxygen atoms in total. The van der Waals surface area contributed by atoms with Gasteiger partial charge in [-0.3, -0.25) is 4.79 Å². The van der Waals surface area contributed by atoms with Crippen molar-refractivity contribution in [2.24, 2.45) is 0 Å². The van der Waals surface area contributed by atoms with Crippen molar-refractivity contribution in [1.29, 1.82) is 0 Å². The highest BCUT2D eigenvalue weighted by atomic mass is 16.7. The smallest absolute Gasteiger partial charge is 0.306 e. The second-order valence-electron chi connectivity index (χ2n) is 16.2. The number of rotatable bonds is 40. The molecule has 0 bridgehead atoms. The Bertz CT molecular complexity index is 1080. The van der Waals surface area contributed by atoms with Gasteiger partial charge in [0.25, 0.3) is 0 Å². The molecule has 1 heterocycles. The van der Waals surface area contributed by atoms with Crippen LogP contribution in [0.25, 0.3) is 0 Å². The average Bonchev–Trinajstić information content (AvgIpc) is 3.24. The van der Waals surface area contributed by atoms with Crippen LogP contribution in [0.5, 0.6) is 0 Å². The normalized spacial score (nSPS) is 20.7. The van der Waals surface area contributed by atoms with E-state index in [4.69, 9.17) is 18.9 Å². The van der Waals surface area contributed by atoms with Crippen molar-refractivity contribution in [1.82, 2.24) is 0 Å². The number of esters is 1. The van der Waals surface area contributed by atoms with E-state index in [0.29, 0.717) is 13.0 Å². The van der Waals surface area contributed by atoms with Crippen molar-refractivity contribution >= 4 is 5.97 Å². The lowest BCUT2D eigenvalue weighted by atomic mass is 9.99. The molecule has 342 valence electrons. The first-order valence-corrected chi connectivity index (χ1v) is 23.9. The molecule has 9 heteroatoms. The number of carbonyl (C=O) groups excluding carboxylic acids is 1. The largest absolute Gasteiger partial charge is 0.457 e. The molecule has 0 aliphatic carbocycles. The van der Waals surface area contributed by atoms with Crippen LogP contribution < -0.4 is 0 Å². The van der Waals surface area contributed by atoms with Gasteiger partial charge in [-0.1, -0.05) is 184 Å². The van der Waals surface area contributed by atoms with Gasteiger partial charge in [0.05, 0.1) is 19.8 Å². The zero-order valence-electron chi connectivity index (χ0n) is 37.5. The first-order valence-electron chi connectivity index (χ1n) is 23.9. The third kappa shape index (κ3) is 32.3. The van der Waals surface area contributed by atoms with E-state index in [1.165, 1.54) is 83.5 Å². The van der Waals surface area contributed by atoms with Gasteiger partial charge in [-0.2, -0.15) is 0 Å². The minimum absolute atomic E-state index is 0.122. The Balaban J connectivity index is 2.26. The lowest BCUT2D eigenvalue weighted by Gasteiger charge is -2.39. The molecule has 1 fully saturated rings. The van der Waals surface area contributed by atoms with Gasteiger partial charge in [-0.05, 0) is 57.8 Å². The zero-order valence-corrected chi connectivity index (χ0v) is 37.5. The zero-order chi connectivity index (χ0) is 42.9. The standard InChI is InChI=1S/C50H88O9/c1-3-5-7-9-11-13-15-17-19-20-21-22-23-24-25-27-29-31-33-35-37-39-46(52)58-44(43-57-50-49(55)48(54)47(53)45(41-51)59-50)42-56-40-38-36-34-32-30-28-26-18-16-14-12-10-8-6-4-2/h5,7,11,13,17,19,21-22,24-25,44-45,47-51,53-55H,3-4,6,8-10,12,14-16,18,20,23,26-43H2,1-2H3/b7-5-,13-11-,19-17-,22-21-,25-24-. The second-order valence-corrected chi connectivity index (χ2v) is 16.2. The number of hydrogen-bond acceptors (Lipinski definition) is 9. The molecule has 6 atom stereocenters. The topological polar surface area (TPSA) is 135 Å². The van der Waals surface area contributed by atoms with Gasteiger partial charge >= 0.3 is 5.97 Å². The Morgan fingerprint density at radius 3 is 1.56 bits per heavy atom. The molecule has 0 aromatic carbocycles. The summed E-state index contributed by atoms with van der Waals surface area (Å²) in [5, 5.41) is 40.2. The van der Waals surface area contributed by atoms with E-state index < -0.39 is 43.4 Å². The van der Waals surface area contributed by atoms with Crippen molar-refractivity contribution in [2.45, 2.75) is 224 Å². The van der Waals surface area contributed by atoms with Crippen LogP contribution >= 0.6 is 0 Å². The molecule has 0 spiro atoms. The summed E-state index contributed by atoms with van der Waals surface area (Å²) in [5.41, 5.74) is 0. The van der Waals surface area contributed by atoms with E-state index in [1.54, 1.807) is 0 Å². The molecule has 0 amide bonds. The maximum absolute atomic E-state index is 12.8. The lowest BCUT2D eigenvalue weighted by Crippen LogP contribution is -2.59. The van der Waals surface area contributed by atoms with Crippen molar-refractivity contribution in [2.75, 3.05) is 26.4 Å². The van der Waals surface area contributed by atoms with Gasteiger partial charge in [0.15, 0.2) is 6.29 Å². The van der Waals surface area contributed by atoms with Crippen molar-refractivity contribution in [3.63, 3.8) is 0 Å². The molecule has 0 radical (unpaired) electrons. The van der Waals surface area contributed by atoms with Crippen LogP contribution in [-0.4, -0.2) is 89.6 Å². The Morgan fingerprint density at radius 2 is 1.03 bits per heavy atom. The number of allylic oxidation sites excluding steroid dienone is 10. The molecular formula is C50H88O9. The van der Waals surface area contributed by atoms with Gasteiger partial charge in [-0.25, -0.2) is 0 Å². The second kappa shape index (κ2) is 41.3. The fourth-order valence-electron chi connectivity index (χ4n) is 6.99. The molecule has 59 heavy (non-hydrogen) atoms. The molecule has 4 N–H and O–H groups in total. The highest BCUT2D eigenvalue weighted by molar-refractivity contribution is 5.69. The van der Waals surface area contributed by atoms with Crippen LogP contribution in [0, 0.1) is 0 Å². The number of ether oxygens (including phenoxy) is 4. The number of carbonyl (C=O) groups is 1. The molecule has 0 aromatic heterocycles. The Labute approximate surface area is 360 Å². The number of unbranched alkanes of at least 4 members (excludes halogenated alkanes) is 19. The molecular weight excluding hydrogens is 745 g/mol. The maximum atomic E-state index is 12.8. The van der Waals surface area contributed by atoms with Crippen molar-refractivity contribution in [3.05, 3.63) is 60.8 Å². The van der Waals surface area contributed by atoms with Crippen LogP contribution in [0.2, 0.25) is 0 Å². The third-order valence-electron chi connectivity index (χ3n) is 10.7. The Hall–Kier alpha value is -2.11. The highest BCUT2D eigenvalue weighted by Gasteiger charge is 2.44. The number of aliphatic hydroxyl groups is 4. The maximum Gasteiger partial charge on any atom is 0.306 e. The lowest BCUT2D eigenvalue weighted by molar-refractivity contribution is -0.305. The third-order valence-corrected chi connectivity index (χ3v) is 10.7. The van der Waals surface area contributed by atoms with E-state index >= 15 is 0 Å². The van der Waals surface area contributed by atoms with Crippen LogP contribution in [0.1, 0.15) is 187 Å². The van der Waals surface area contributed by atoms with Gasteiger partial charge in [0.2, 0.25) is 0 Å². The Morgan fingerprint density at radius 1 is 0.559 bits per heavy atom. The predicted octanol–water partition coefficient (Wildman–Crippen LogP) is 11.1. The summed E-state index contributed by atoms with van der Waals surface area (Å²) in [5.74, 6) is -0.332. The predicted molar refractivity (Wildman–Crippen MR) is 242 cm³/mol. The summed E-state index contributed by atoms with van der Waals surface area (Å²) in [6.07, 6.45) is 45.3. The molecule has 0 saturated carbocycles. The number of hydrogen-bond donors (Lipinski definition) is 4. The average molecular weight is 833 g/mol. The minimum atomic E-state index is -1.54. The van der Waals surface area contributed by atoms with Crippen molar-refractivity contribution < 1.29 is 44.2 Å². The Kier molecular flexibility index (Phi) is 38.4. The molecule has 1 aliphatic heterocycles. The fourth-order valence-corrected chi connectivity index (χ4v) is 6.99. The van der Waals surface area contributed by atoms with Gasteiger partial charge in [0, 0.05) is 13.0 Å². The van der Waals surface area contributed by atoms with Gasteiger partial charge < -0.3 is 39.4 Å². The summed E-state index contributed by atoms with van der Waals surface area (Å²) in [6.45, 7) is 4.43. The quantitative estimate of drug-likeness (QED) is 0.0270. The summed E-state index contributed by atoms with van der Waals surface area (Å²) in [7, 11) is 0. The molecule has 6 unspecified atom stereocenters. The SMILES string of the molecule is CC/C=C\C/C=C\C/C=C\C/C=C\C/C=C\CCCCCCCC(=O)OC(COCCCCCCCCCCCCCCCCC)COC1OC(CO)C(O)C(O)C1O. The van der Waals surface area contributed by atoms with E-state index in [1.807, 2.05) is 0 Å². The van der Waals surface area contributed by atoms with E-state index in [-0.39, 0.29) is 19.2 Å². The fraction of sp³-hybridized carbons (Fsp3) is 0.780. The monoisotopic (exact) mass is 833 g/mol. The van der Waals surface area contributed by atoms with Crippen molar-refractivity contribution in [3.8, 4) is 0 Å². The van der Waals surface area contributed by atoms with Crippen LogP contribution in [-0.2, 0) is 23.7 Å². The van der Waals surface area contributed by atoms with E-state index in [2.05, 4.69) is 74.6 Å². The number of aliphatic hydroxyl groups excluding tert-OH is 4. The summed E-state index contributed by atoms with van der Waals surface area (Å²) in [4.78, 5) is 12.8. The highest BCUT2D eigenvalue weighted by Crippen LogP contribution is 2.22. The van der Waals surface area contributed by atoms with Gasteiger partial charge in [-0.15, -0.1) is 0 Å². The summed E-state index contributed by atoms with van der Waals surface area (Å²) >= 11 is 0. The van der Waals surface area contributed by atoms with Gasteiger partial charge in [0.1, 0.15) is 30.5 Å². The summed E-state index contributed by atoms with van der Waals surface area (Å²) in [6, 6.07) is 0. The molecule has 1 rings (SSSR count). The van der Waals surface area contributed by atoms with Crippen LogP contribution in [0.4, 0.5) is 0 Å². The minimum Gasteiger partial charge on any atom is -0.457 e. The first-order chi connectivity index (χ1) is 28.9. The molecule has 1 aliphatic rings. The van der Waals surface area contributed by atoms with Crippen LogP contribution in [0.3, 0.4) is 0 Å².